The Morgan fingerprint density at radius 1 is 1.19 bits per heavy atom. The van der Waals surface area contributed by atoms with Crippen LogP contribution >= 0.6 is 0 Å². The number of carbonyl (C=O) groups is 2. The number of piperidine rings is 1. The Kier molecular flexibility index (Phi) is 8.46. The highest BCUT2D eigenvalue weighted by Gasteiger charge is 2.34. The number of carbonyl (C=O) groups excluding carboxylic acids is 2. The van der Waals surface area contributed by atoms with E-state index in [-0.39, 0.29) is 49.7 Å². The molecule has 1 fully saturated rings. The Morgan fingerprint density at radius 2 is 1.86 bits per heavy atom. The minimum atomic E-state index is -4.82. The van der Waals surface area contributed by atoms with Gasteiger partial charge in [0.15, 0.2) is 6.17 Å². The van der Waals surface area contributed by atoms with Crippen molar-refractivity contribution in [2.75, 3.05) is 25.0 Å². The second-order valence-corrected chi connectivity index (χ2v) is 9.25. The summed E-state index contributed by atoms with van der Waals surface area (Å²) < 4.78 is 61.4. The van der Waals surface area contributed by atoms with E-state index in [1.54, 1.807) is 13.8 Å². The summed E-state index contributed by atoms with van der Waals surface area (Å²) in [6.07, 6.45) is -7.45. The van der Waals surface area contributed by atoms with E-state index in [4.69, 9.17) is 10.5 Å². The molecule has 0 spiro atoms. The first-order chi connectivity index (χ1) is 17.2. The molecular formula is C24H28F4N4O5. The maximum Gasteiger partial charge on any atom is 0.573 e. The van der Waals surface area contributed by atoms with Crippen molar-refractivity contribution < 1.29 is 41.7 Å². The molecule has 2 atom stereocenters. The summed E-state index contributed by atoms with van der Waals surface area (Å²) in [5, 5.41) is 12.8. The van der Waals surface area contributed by atoms with Gasteiger partial charge in [0.2, 0.25) is 11.8 Å². The zero-order valence-electron chi connectivity index (χ0n) is 20.2. The van der Waals surface area contributed by atoms with Crippen LogP contribution in [0.4, 0.5) is 23.4 Å². The van der Waals surface area contributed by atoms with Gasteiger partial charge in [-0.1, -0.05) is 12.1 Å². The summed E-state index contributed by atoms with van der Waals surface area (Å²) in [7, 11) is 0. The average molecular weight is 529 g/mol. The highest BCUT2D eigenvalue weighted by Crippen LogP contribution is 2.26. The number of ether oxygens (including phenoxy) is 2. The highest BCUT2D eigenvalue weighted by atomic mass is 19.4. The third-order valence-corrected chi connectivity index (χ3v) is 5.44. The van der Waals surface area contributed by atoms with E-state index < -0.39 is 41.8 Å². The van der Waals surface area contributed by atoms with Crippen molar-refractivity contribution in [2.45, 2.75) is 50.9 Å². The van der Waals surface area contributed by atoms with E-state index in [2.05, 4.69) is 15.0 Å². The summed E-state index contributed by atoms with van der Waals surface area (Å²) in [5.41, 5.74) is 4.76. The number of hydrogen-bond acceptors (Lipinski definition) is 7. The lowest BCUT2D eigenvalue weighted by molar-refractivity contribution is -0.274. The number of aromatic nitrogens is 1. The lowest BCUT2D eigenvalue weighted by atomic mass is 10.0. The first kappa shape index (κ1) is 28.0. The lowest BCUT2D eigenvalue weighted by Gasteiger charge is -2.34. The van der Waals surface area contributed by atoms with Gasteiger partial charge in [-0.25, -0.2) is 4.39 Å². The Morgan fingerprint density at radius 3 is 2.43 bits per heavy atom. The van der Waals surface area contributed by atoms with Crippen molar-refractivity contribution in [1.82, 2.24) is 9.88 Å². The maximum atomic E-state index is 15.0. The van der Waals surface area contributed by atoms with Gasteiger partial charge in [0, 0.05) is 19.5 Å². The number of pyridine rings is 1. The number of benzene rings is 1. The molecule has 2 amide bonds. The first-order valence-corrected chi connectivity index (χ1v) is 11.4. The molecule has 1 aromatic carbocycles. The van der Waals surface area contributed by atoms with Gasteiger partial charge < -0.3 is 30.5 Å². The molecule has 1 saturated heterocycles. The number of aliphatic hydroxyl groups is 1. The van der Waals surface area contributed by atoms with E-state index in [1.165, 1.54) is 29.2 Å². The molecule has 2 heterocycles. The molecule has 0 aliphatic carbocycles. The first-order valence-electron chi connectivity index (χ1n) is 11.4. The number of primary amides is 1. The van der Waals surface area contributed by atoms with Gasteiger partial charge in [-0.2, -0.15) is 4.98 Å². The molecule has 0 bridgehead atoms. The van der Waals surface area contributed by atoms with Gasteiger partial charge >= 0.3 is 6.36 Å². The van der Waals surface area contributed by atoms with Gasteiger partial charge in [-0.15, -0.1) is 13.2 Å². The molecular weight excluding hydrogens is 500 g/mol. The summed E-state index contributed by atoms with van der Waals surface area (Å²) in [4.78, 5) is 29.9. The van der Waals surface area contributed by atoms with Gasteiger partial charge in [-0.3, -0.25) is 9.59 Å². The van der Waals surface area contributed by atoms with Crippen LogP contribution in [0.25, 0.3) is 0 Å². The number of halogens is 4. The number of anilines is 1. The molecule has 202 valence electrons. The topological polar surface area (TPSA) is 127 Å². The van der Waals surface area contributed by atoms with Crippen molar-refractivity contribution in [3.63, 3.8) is 0 Å². The Labute approximate surface area is 210 Å². The van der Waals surface area contributed by atoms with Crippen molar-refractivity contribution in [2.24, 2.45) is 5.73 Å². The minimum absolute atomic E-state index is 0.0440. The Bertz CT molecular complexity index is 1110. The van der Waals surface area contributed by atoms with Gasteiger partial charge in [-0.05, 0) is 43.7 Å². The molecule has 0 radical (unpaired) electrons. The normalized spacial score (nSPS) is 18.3. The van der Waals surface area contributed by atoms with Gasteiger partial charge in [0.1, 0.15) is 23.2 Å². The van der Waals surface area contributed by atoms with Crippen molar-refractivity contribution in [1.29, 1.82) is 0 Å². The van der Waals surface area contributed by atoms with E-state index in [0.29, 0.717) is 5.56 Å². The van der Waals surface area contributed by atoms with Crippen molar-refractivity contribution >= 4 is 17.6 Å². The predicted octanol–water partition coefficient (Wildman–Crippen LogP) is 2.82. The molecule has 1 aromatic heterocycles. The van der Waals surface area contributed by atoms with Crippen LogP contribution in [0, 0.1) is 0 Å². The van der Waals surface area contributed by atoms with Crippen molar-refractivity contribution in [3.8, 4) is 11.6 Å². The van der Waals surface area contributed by atoms with E-state index in [0.717, 1.165) is 12.1 Å². The number of likely N-dealkylation sites (tertiary alicyclic amines) is 1. The molecule has 0 unspecified atom stereocenters. The van der Waals surface area contributed by atoms with Crippen LogP contribution < -0.4 is 20.5 Å². The molecule has 1 aliphatic rings. The summed E-state index contributed by atoms with van der Waals surface area (Å²) in [5.74, 6) is -1.50. The van der Waals surface area contributed by atoms with E-state index in [9.17, 15) is 32.3 Å². The van der Waals surface area contributed by atoms with Crippen molar-refractivity contribution in [3.05, 3.63) is 47.5 Å². The molecule has 1 aliphatic heterocycles. The second kappa shape index (κ2) is 11.2. The fourth-order valence-electron chi connectivity index (χ4n) is 3.60. The molecule has 3 rings (SSSR count). The molecule has 4 N–H and O–H groups in total. The predicted molar refractivity (Wildman–Crippen MR) is 125 cm³/mol. The van der Waals surface area contributed by atoms with Gasteiger partial charge in [0.05, 0.1) is 18.6 Å². The summed E-state index contributed by atoms with van der Waals surface area (Å²) in [6, 6.07) is 7.72. The molecule has 0 saturated carbocycles. The highest BCUT2D eigenvalue weighted by molar-refractivity contribution is 5.95. The molecule has 2 aromatic rings. The number of alkyl halides is 4. The fraction of sp³-hybridized carbons (Fsp3) is 0.458. The number of nitrogens with two attached hydrogens (primary N) is 1. The van der Waals surface area contributed by atoms with Crippen LogP contribution in [0.5, 0.6) is 11.6 Å². The maximum absolute atomic E-state index is 15.0. The smallest absolute Gasteiger partial charge is 0.470 e. The van der Waals surface area contributed by atoms with E-state index >= 15 is 0 Å². The standard InChI is InChI=1S/C24H28F4N4O5/c1-23(2,35)13-30-19-8-7-16(21(29)34)22(31-19)36-18-9-10-32(12-17(18)25)20(33)11-14-3-5-15(6-4-14)37-24(26,27)28/h3-8,17-18,35H,9-13H2,1-2H3,(H2,29,34)(H,30,31)/t17-,18-/m1/s1. The Balaban J connectivity index is 1.60. The number of hydrogen-bond donors (Lipinski definition) is 3. The SMILES string of the molecule is CC(C)(O)CNc1ccc(C(N)=O)c(O[C@@H]2CCN(C(=O)Cc3ccc(OC(F)(F)F)cc3)C[C@H]2F)n1. The third-order valence-electron chi connectivity index (χ3n) is 5.44. The molecule has 9 nitrogen and oxygen atoms in total. The Hall–Kier alpha value is -3.61. The number of nitrogens with zero attached hydrogens (tertiary/aromatic N) is 2. The monoisotopic (exact) mass is 528 g/mol. The second-order valence-electron chi connectivity index (χ2n) is 9.25. The quantitative estimate of drug-likeness (QED) is 0.427. The minimum Gasteiger partial charge on any atom is -0.470 e. The van der Waals surface area contributed by atoms with Crippen LogP contribution in [0.15, 0.2) is 36.4 Å². The van der Waals surface area contributed by atoms with Crippen LogP contribution in [0.2, 0.25) is 0 Å². The van der Waals surface area contributed by atoms with Crippen LogP contribution in [-0.4, -0.2) is 70.7 Å². The number of rotatable bonds is 9. The molecule has 37 heavy (non-hydrogen) atoms. The van der Waals surface area contributed by atoms with E-state index in [1.807, 2.05) is 0 Å². The molecule has 13 heteroatoms. The fourth-order valence-corrected chi connectivity index (χ4v) is 3.60. The van der Waals surface area contributed by atoms with Crippen LogP contribution in [0.3, 0.4) is 0 Å². The summed E-state index contributed by atoms with van der Waals surface area (Å²) >= 11 is 0. The largest absolute Gasteiger partial charge is 0.573 e. The zero-order chi connectivity index (χ0) is 27.4. The van der Waals surface area contributed by atoms with Gasteiger partial charge in [0.25, 0.3) is 5.91 Å². The lowest BCUT2D eigenvalue weighted by Crippen LogP contribution is -2.49. The zero-order valence-corrected chi connectivity index (χ0v) is 20.2. The third kappa shape index (κ3) is 8.48. The average Bonchev–Trinajstić information content (AvgIpc) is 2.79. The number of amides is 2. The van der Waals surface area contributed by atoms with Crippen LogP contribution in [0.1, 0.15) is 36.2 Å². The number of nitrogens with one attached hydrogen (secondary N) is 1. The summed E-state index contributed by atoms with van der Waals surface area (Å²) in [6.45, 7) is 3.22. The van der Waals surface area contributed by atoms with Crippen LogP contribution in [-0.2, 0) is 11.2 Å².